The van der Waals surface area contributed by atoms with Crippen LogP contribution >= 0.6 is 0 Å². The van der Waals surface area contributed by atoms with Gasteiger partial charge >= 0.3 is 22.4 Å². The fourth-order valence-electron chi connectivity index (χ4n) is 0.574. The molecule has 0 atom stereocenters. The summed E-state index contributed by atoms with van der Waals surface area (Å²) in [5, 5.41) is 10.1. The Morgan fingerprint density at radius 3 is 1.75 bits per heavy atom. The Hall–Kier alpha value is -0.570. The van der Waals surface area contributed by atoms with Gasteiger partial charge < -0.3 is 24.8 Å². The molecule has 0 spiro atoms. The van der Waals surface area contributed by atoms with Crippen LogP contribution in [0.25, 0.3) is 0 Å². The topological polar surface area (TPSA) is 40.1 Å². The third kappa shape index (κ3) is 5.13. The summed E-state index contributed by atoms with van der Waals surface area (Å²) in [7, 11) is 0. The number of hydrogen-bond acceptors (Lipinski definition) is 2. The van der Waals surface area contributed by atoms with E-state index in [4.69, 9.17) is 0 Å². The zero-order valence-electron chi connectivity index (χ0n) is 7.00. The van der Waals surface area contributed by atoms with Gasteiger partial charge in [-0.1, -0.05) is 30.3 Å². The van der Waals surface area contributed by atoms with E-state index in [1.807, 2.05) is 0 Å². The van der Waals surface area contributed by atoms with E-state index in [2.05, 4.69) is 0 Å². The molecule has 0 saturated carbocycles. The van der Waals surface area contributed by atoms with Crippen LogP contribution in [0.2, 0.25) is 0 Å². The summed E-state index contributed by atoms with van der Waals surface area (Å²) in [5.74, 6) is -1.13. The molecule has 2 nitrogen and oxygen atoms in total. The Morgan fingerprint density at radius 1 is 1.08 bits per heavy atom. The number of carboxylic acids is 1. The van der Waals surface area contributed by atoms with Crippen LogP contribution in [0.4, 0.5) is 0 Å². The van der Waals surface area contributed by atoms with Gasteiger partial charge in [-0.25, -0.2) is 0 Å². The van der Waals surface area contributed by atoms with Crippen molar-refractivity contribution in [1.29, 1.82) is 0 Å². The molecule has 0 aliphatic rings. The quantitative estimate of drug-likeness (QED) is 0.560. The first-order chi connectivity index (χ1) is 4.30. The van der Waals surface area contributed by atoms with Gasteiger partial charge in [-0.3, -0.25) is 0 Å². The fraction of sp³-hybridized carbons (Fsp3) is 0. The summed E-state index contributed by atoms with van der Waals surface area (Å²) in [6.07, 6.45) is 0. The predicted octanol–water partition coefficient (Wildman–Crippen LogP) is 0.948. The van der Waals surface area contributed by atoms with Crippen molar-refractivity contribution in [2.45, 2.75) is 0 Å². The maximum Gasteiger partial charge on any atom is 3.00 e. The molecule has 0 heterocycles. The van der Waals surface area contributed by atoms with Crippen molar-refractivity contribution in [2.75, 3.05) is 0 Å². The Balaban J connectivity index is -0.000000270. The summed E-state index contributed by atoms with van der Waals surface area (Å²) in [4.78, 5) is 10.1. The molecule has 0 aromatic heterocycles. The zero-order valence-corrected chi connectivity index (χ0v) is 9.17. The number of rotatable bonds is 1. The van der Waals surface area contributed by atoms with E-state index < -0.39 is 5.97 Å². The van der Waals surface area contributed by atoms with Gasteiger partial charge in [0.25, 0.3) is 0 Å². The molecule has 0 radical (unpaired) electrons. The van der Waals surface area contributed by atoms with Crippen molar-refractivity contribution < 1.29 is 32.3 Å². The molecular formula is C9H11AuO2. The summed E-state index contributed by atoms with van der Waals surface area (Å²) < 4.78 is 0. The Kier molecular flexibility index (Phi) is 12.4. The van der Waals surface area contributed by atoms with Gasteiger partial charge in [0.2, 0.25) is 0 Å². The minimum Gasteiger partial charge on any atom is -0.545 e. The number of hydrogen-bond donors (Lipinski definition) is 0. The van der Waals surface area contributed by atoms with Gasteiger partial charge in [0.15, 0.2) is 0 Å². The van der Waals surface area contributed by atoms with Gasteiger partial charge in [-0.2, -0.15) is 0 Å². The van der Waals surface area contributed by atoms with E-state index in [0.29, 0.717) is 0 Å². The van der Waals surface area contributed by atoms with Gasteiger partial charge in [0.05, 0.1) is 5.97 Å². The van der Waals surface area contributed by atoms with Crippen molar-refractivity contribution in [1.82, 2.24) is 0 Å². The summed E-state index contributed by atoms with van der Waals surface area (Å²) in [6.45, 7) is 0. The number of benzene rings is 1. The molecule has 0 fully saturated rings. The Labute approximate surface area is 89.1 Å². The third-order valence-electron chi connectivity index (χ3n) is 1.01. The molecule has 0 N–H and O–H groups in total. The predicted molar refractivity (Wildman–Crippen MR) is 43.6 cm³/mol. The summed E-state index contributed by atoms with van der Waals surface area (Å²) in [6, 6.07) is 8.06. The minimum absolute atomic E-state index is 0. The van der Waals surface area contributed by atoms with Gasteiger partial charge in [0, 0.05) is 0 Å². The molecule has 0 saturated heterocycles. The van der Waals surface area contributed by atoms with E-state index in [1.165, 1.54) is 12.1 Å². The van der Waals surface area contributed by atoms with E-state index in [9.17, 15) is 9.90 Å². The standard InChI is InChI=1S/C7H6O2.2CH3.Au/c8-7(9)6-4-2-1-3-5-6;;;/h1-5H,(H,8,9);2*1H3;/q;2*-1;+3/p-1. The second-order valence-electron chi connectivity index (χ2n) is 1.65. The van der Waals surface area contributed by atoms with Crippen molar-refractivity contribution in [3.05, 3.63) is 50.7 Å². The molecule has 0 aliphatic heterocycles. The summed E-state index contributed by atoms with van der Waals surface area (Å²) in [5.41, 5.74) is 0.220. The number of carboxylic acid groups (broad SMARTS) is 1. The zero-order chi connectivity index (χ0) is 6.69. The minimum atomic E-state index is -1.13. The summed E-state index contributed by atoms with van der Waals surface area (Å²) >= 11 is 0. The molecule has 0 amide bonds. The Morgan fingerprint density at radius 2 is 1.50 bits per heavy atom. The van der Waals surface area contributed by atoms with Crippen LogP contribution in [0.5, 0.6) is 0 Å². The maximum absolute atomic E-state index is 10.1. The molecule has 0 unspecified atom stereocenters. The number of carbonyl (C=O) groups excluding carboxylic acids is 1. The normalized spacial score (nSPS) is 6.67. The van der Waals surface area contributed by atoms with Gasteiger partial charge in [-0.05, 0) is 5.56 Å². The molecule has 1 aromatic rings. The van der Waals surface area contributed by atoms with E-state index >= 15 is 0 Å². The van der Waals surface area contributed by atoms with Crippen molar-refractivity contribution in [3.63, 3.8) is 0 Å². The monoisotopic (exact) mass is 348 g/mol. The smallest absolute Gasteiger partial charge is 0.545 e. The third-order valence-corrected chi connectivity index (χ3v) is 1.01. The first kappa shape index (κ1) is 17.5. The first-order valence-electron chi connectivity index (χ1n) is 2.57. The van der Waals surface area contributed by atoms with Crippen LogP contribution in [0.15, 0.2) is 30.3 Å². The molecule has 0 bridgehead atoms. The van der Waals surface area contributed by atoms with E-state index in [-0.39, 0.29) is 42.8 Å². The van der Waals surface area contributed by atoms with Gasteiger partial charge in [0.1, 0.15) is 0 Å². The average molecular weight is 348 g/mol. The molecule has 3 heteroatoms. The van der Waals surface area contributed by atoms with Crippen LogP contribution in [0, 0.1) is 14.9 Å². The molecule has 1 aromatic carbocycles. The molecule has 12 heavy (non-hydrogen) atoms. The van der Waals surface area contributed by atoms with Crippen LogP contribution in [-0.4, -0.2) is 5.97 Å². The second kappa shape index (κ2) is 8.53. The maximum atomic E-state index is 10.1. The number of carbonyl (C=O) groups is 1. The van der Waals surface area contributed by atoms with Crippen LogP contribution < -0.4 is 5.11 Å². The van der Waals surface area contributed by atoms with Crippen molar-refractivity contribution in [2.24, 2.45) is 0 Å². The van der Waals surface area contributed by atoms with E-state index in [1.54, 1.807) is 18.2 Å². The molecule has 0 aliphatic carbocycles. The second-order valence-corrected chi connectivity index (χ2v) is 1.65. The molecule has 70 valence electrons. The fourth-order valence-corrected chi connectivity index (χ4v) is 0.574. The van der Waals surface area contributed by atoms with Gasteiger partial charge in [-0.15, -0.1) is 0 Å². The van der Waals surface area contributed by atoms with Crippen molar-refractivity contribution in [3.8, 4) is 0 Å². The molecular weight excluding hydrogens is 337 g/mol. The average Bonchev–Trinajstić information content (AvgIpc) is 1.90. The van der Waals surface area contributed by atoms with Crippen molar-refractivity contribution >= 4 is 5.97 Å². The molecule has 1 rings (SSSR count). The SMILES string of the molecule is O=C([O-])c1ccccc1.[Au+3].[CH3-].[CH3-]. The first-order valence-corrected chi connectivity index (χ1v) is 2.57. The Bertz CT molecular complexity index is 209. The van der Waals surface area contributed by atoms with Crippen LogP contribution in [-0.2, 0) is 22.4 Å². The number of aromatic carboxylic acids is 1. The van der Waals surface area contributed by atoms with Crippen LogP contribution in [0.3, 0.4) is 0 Å². The van der Waals surface area contributed by atoms with Crippen LogP contribution in [0.1, 0.15) is 10.4 Å². The van der Waals surface area contributed by atoms with E-state index in [0.717, 1.165) is 0 Å². The largest absolute Gasteiger partial charge is 3.00 e.